The van der Waals surface area contributed by atoms with Crippen molar-refractivity contribution in [3.05, 3.63) is 54.0 Å². The lowest BCUT2D eigenvalue weighted by Gasteiger charge is -2.15. The number of methoxy groups -OCH3 is 1. The summed E-state index contributed by atoms with van der Waals surface area (Å²) in [4.78, 5) is 27.1. The van der Waals surface area contributed by atoms with Crippen LogP contribution in [0.4, 0.5) is 5.95 Å². The SMILES string of the molecule is COc1cccc2c(-c3cn(Cc4cccc(CN5CCCC5=O)n4)nn3)nc(N)nc12. The van der Waals surface area contributed by atoms with Gasteiger partial charge in [0.1, 0.15) is 22.7 Å². The molecule has 1 fully saturated rings. The van der Waals surface area contributed by atoms with Crippen LogP contribution >= 0.6 is 0 Å². The highest BCUT2D eigenvalue weighted by Crippen LogP contribution is 2.30. The Kier molecular flexibility index (Phi) is 5.10. The molecule has 5 rings (SSSR count). The number of amides is 1. The zero-order valence-corrected chi connectivity index (χ0v) is 17.6. The molecule has 10 nitrogen and oxygen atoms in total. The van der Waals surface area contributed by atoms with Crippen LogP contribution in [-0.2, 0) is 17.9 Å². The Morgan fingerprint density at radius 3 is 2.66 bits per heavy atom. The first-order valence-corrected chi connectivity index (χ1v) is 10.3. The van der Waals surface area contributed by atoms with Gasteiger partial charge in [-0.15, -0.1) is 5.10 Å². The quantitative estimate of drug-likeness (QED) is 0.493. The summed E-state index contributed by atoms with van der Waals surface area (Å²) in [6, 6.07) is 11.4. The van der Waals surface area contributed by atoms with E-state index in [1.54, 1.807) is 18.0 Å². The molecule has 1 aliphatic rings. The number of rotatable bonds is 6. The molecule has 32 heavy (non-hydrogen) atoms. The molecule has 0 radical (unpaired) electrons. The molecule has 0 aliphatic carbocycles. The van der Waals surface area contributed by atoms with Gasteiger partial charge in [0.05, 0.1) is 37.8 Å². The van der Waals surface area contributed by atoms with Gasteiger partial charge in [0.25, 0.3) is 0 Å². The molecule has 1 aromatic carbocycles. The average molecular weight is 430 g/mol. The standard InChI is InChI=1S/C22H22N8O2/c1-32-18-8-3-7-16-20(25-22(23)26-21(16)18)17-13-30(28-27-17)12-15-6-2-5-14(24-15)11-29-10-4-9-19(29)31/h2-3,5-8,13H,4,9-12H2,1H3,(H2,23,25,26). The maximum Gasteiger partial charge on any atom is 0.222 e. The number of para-hydroxylation sites is 1. The van der Waals surface area contributed by atoms with Crippen LogP contribution in [0.15, 0.2) is 42.6 Å². The van der Waals surface area contributed by atoms with Crippen LogP contribution in [0.3, 0.4) is 0 Å². The molecule has 1 saturated heterocycles. The number of likely N-dealkylation sites (tertiary alicyclic amines) is 1. The molecular weight excluding hydrogens is 408 g/mol. The third-order valence-electron chi connectivity index (χ3n) is 5.42. The van der Waals surface area contributed by atoms with Crippen LogP contribution in [-0.4, -0.2) is 54.4 Å². The van der Waals surface area contributed by atoms with Crippen LogP contribution < -0.4 is 10.5 Å². The minimum atomic E-state index is 0.136. The maximum absolute atomic E-state index is 11.9. The number of anilines is 1. The summed E-state index contributed by atoms with van der Waals surface area (Å²) in [7, 11) is 1.59. The summed E-state index contributed by atoms with van der Waals surface area (Å²) in [6.07, 6.45) is 3.34. The zero-order chi connectivity index (χ0) is 22.1. The van der Waals surface area contributed by atoms with Crippen molar-refractivity contribution in [2.24, 2.45) is 0 Å². The highest BCUT2D eigenvalue weighted by atomic mass is 16.5. The molecule has 1 amide bonds. The van der Waals surface area contributed by atoms with Gasteiger partial charge in [0.2, 0.25) is 11.9 Å². The molecule has 0 spiro atoms. The number of hydrogen-bond donors (Lipinski definition) is 1. The van der Waals surface area contributed by atoms with E-state index in [9.17, 15) is 4.79 Å². The molecule has 0 bridgehead atoms. The van der Waals surface area contributed by atoms with E-state index in [2.05, 4.69) is 20.3 Å². The lowest BCUT2D eigenvalue weighted by molar-refractivity contribution is -0.128. The zero-order valence-electron chi connectivity index (χ0n) is 17.6. The number of aromatic nitrogens is 6. The largest absolute Gasteiger partial charge is 0.494 e. The number of fused-ring (bicyclic) bond motifs is 1. The number of carbonyl (C=O) groups is 1. The molecule has 4 aromatic rings. The van der Waals surface area contributed by atoms with Gasteiger partial charge in [-0.25, -0.2) is 14.6 Å². The molecule has 0 unspecified atom stereocenters. The Hall–Kier alpha value is -4.08. The summed E-state index contributed by atoms with van der Waals surface area (Å²) in [5.74, 6) is 0.936. The van der Waals surface area contributed by atoms with E-state index in [-0.39, 0.29) is 11.9 Å². The number of hydrogen-bond acceptors (Lipinski definition) is 8. The second kappa shape index (κ2) is 8.22. The molecule has 162 valence electrons. The maximum atomic E-state index is 11.9. The second-order valence-corrected chi connectivity index (χ2v) is 7.63. The number of pyridine rings is 1. The second-order valence-electron chi connectivity index (χ2n) is 7.63. The lowest BCUT2D eigenvalue weighted by Crippen LogP contribution is -2.24. The molecule has 3 aromatic heterocycles. The van der Waals surface area contributed by atoms with Gasteiger partial charge < -0.3 is 15.4 Å². The van der Waals surface area contributed by atoms with E-state index in [1.165, 1.54) is 0 Å². The van der Waals surface area contributed by atoms with Crippen LogP contribution in [0.25, 0.3) is 22.3 Å². The van der Waals surface area contributed by atoms with Crippen molar-refractivity contribution >= 4 is 22.8 Å². The Morgan fingerprint density at radius 1 is 1.06 bits per heavy atom. The molecule has 10 heteroatoms. The average Bonchev–Trinajstić information content (AvgIpc) is 3.42. The van der Waals surface area contributed by atoms with Gasteiger partial charge in [-0.3, -0.25) is 9.78 Å². The Morgan fingerprint density at radius 2 is 1.88 bits per heavy atom. The summed E-state index contributed by atoms with van der Waals surface area (Å²) >= 11 is 0. The highest BCUT2D eigenvalue weighted by Gasteiger charge is 2.20. The van der Waals surface area contributed by atoms with Crippen molar-refractivity contribution in [1.29, 1.82) is 0 Å². The van der Waals surface area contributed by atoms with Gasteiger partial charge in [0.15, 0.2) is 0 Å². The molecule has 0 atom stereocenters. The third-order valence-corrected chi connectivity index (χ3v) is 5.42. The lowest BCUT2D eigenvalue weighted by atomic mass is 10.1. The van der Waals surface area contributed by atoms with Gasteiger partial charge in [-0.2, -0.15) is 0 Å². The fourth-order valence-electron chi connectivity index (χ4n) is 3.93. The number of nitrogens with zero attached hydrogens (tertiary/aromatic N) is 7. The van der Waals surface area contributed by atoms with Crippen LogP contribution in [0.2, 0.25) is 0 Å². The normalized spacial score (nSPS) is 13.8. The topological polar surface area (TPSA) is 125 Å². The number of nitrogen functional groups attached to an aromatic ring is 1. The van der Waals surface area contributed by atoms with Crippen molar-refractivity contribution in [1.82, 2.24) is 34.8 Å². The van der Waals surface area contributed by atoms with Crippen molar-refractivity contribution in [3.63, 3.8) is 0 Å². The minimum absolute atomic E-state index is 0.136. The van der Waals surface area contributed by atoms with Crippen LogP contribution in [0.5, 0.6) is 5.75 Å². The molecule has 1 aliphatic heterocycles. The Bertz CT molecular complexity index is 1300. The van der Waals surface area contributed by atoms with Crippen molar-refractivity contribution in [3.8, 4) is 17.1 Å². The van der Waals surface area contributed by atoms with E-state index in [1.807, 2.05) is 41.3 Å². The fraction of sp³-hybridized carbons (Fsp3) is 0.273. The predicted octanol–water partition coefficient (Wildman–Crippen LogP) is 2.04. The molecule has 2 N–H and O–H groups in total. The summed E-state index contributed by atoms with van der Waals surface area (Å²) in [5, 5.41) is 9.31. The smallest absolute Gasteiger partial charge is 0.222 e. The number of nitrogens with two attached hydrogens (primary N) is 1. The molecular formula is C22H22N8O2. The molecule has 0 saturated carbocycles. The Balaban J connectivity index is 1.40. The van der Waals surface area contributed by atoms with E-state index in [4.69, 9.17) is 15.5 Å². The molecule has 4 heterocycles. The van der Waals surface area contributed by atoms with Gasteiger partial charge in [0, 0.05) is 18.4 Å². The van der Waals surface area contributed by atoms with E-state index >= 15 is 0 Å². The fourth-order valence-corrected chi connectivity index (χ4v) is 3.93. The van der Waals surface area contributed by atoms with E-state index < -0.39 is 0 Å². The number of benzene rings is 1. The number of ether oxygens (including phenoxy) is 1. The highest BCUT2D eigenvalue weighted by molar-refractivity contribution is 5.95. The van der Waals surface area contributed by atoms with E-state index in [0.717, 1.165) is 29.7 Å². The van der Waals surface area contributed by atoms with Gasteiger partial charge in [-0.1, -0.05) is 23.4 Å². The summed E-state index contributed by atoms with van der Waals surface area (Å²) in [6.45, 7) is 1.76. The first-order chi connectivity index (χ1) is 15.6. The Labute approximate surface area is 184 Å². The van der Waals surface area contributed by atoms with Crippen LogP contribution in [0, 0.1) is 0 Å². The van der Waals surface area contributed by atoms with Crippen molar-refractivity contribution < 1.29 is 9.53 Å². The first-order valence-electron chi connectivity index (χ1n) is 10.3. The number of carbonyl (C=O) groups excluding carboxylic acids is 1. The predicted molar refractivity (Wildman–Crippen MR) is 118 cm³/mol. The third kappa shape index (κ3) is 3.82. The monoisotopic (exact) mass is 430 g/mol. The van der Waals surface area contributed by atoms with E-state index in [0.29, 0.717) is 42.2 Å². The van der Waals surface area contributed by atoms with Gasteiger partial charge >= 0.3 is 0 Å². The van der Waals surface area contributed by atoms with Crippen molar-refractivity contribution in [2.45, 2.75) is 25.9 Å². The minimum Gasteiger partial charge on any atom is -0.494 e. The summed E-state index contributed by atoms with van der Waals surface area (Å²) < 4.78 is 7.10. The summed E-state index contributed by atoms with van der Waals surface area (Å²) in [5.41, 5.74) is 9.42. The van der Waals surface area contributed by atoms with Crippen molar-refractivity contribution in [2.75, 3.05) is 19.4 Å². The van der Waals surface area contributed by atoms with Crippen LogP contribution in [0.1, 0.15) is 24.2 Å². The first kappa shape index (κ1) is 19.9. The van der Waals surface area contributed by atoms with Gasteiger partial charge in [-0.05, 0) is 24.6 Å².